The van der Waals surface area contributed by atoms with Crippen LogP contribution in [0, 0.1) is 18.3 Å². The number of rotatable bonds is 6. The fourth-order valence-corrected chi connectivity index (χ4v) is 5.46. The number of pyridine rings is 1. The molecule has 0 aliphatic carbocycles. The van der Waals surface area contributed by atoms with Crippen LogP contribution >= 0.6 is 24.0 Å². The molecule has 0 aromatic carbocycles. The second-order valence-corrected chi connectivity index (χ2v) is 9.33. The topological polar surface area (TPSA) is 72.6 Å². The Balaban J connectivity index is 2.21. The van der Waals surface area contributed by atoms with E-state index in [9.17, 15) is 14.9 Å². The highest BCUT2D eigenvalue weighted by Gasteiger charge is 2.32. The first-order valence-electron chi connectivity index (χ1n) is 10.8. The van der Waals surface area contributed by atoms with E-state index in [1.807, 2.05) is 19.9 Å². The number of nitrogens with zero attached hydrogens (tertiary/aromatic N) is 5. The molecule has 0 atom stereocenters. The van der Waals surface area contributed by atoms with Crippen molar-refractivity contribution in [2.24, 2.45) is 0 Å². The van der Waals surface area contributed by atoms with Crippen molar-refractivity contribution < 1.29 is 4.79 Å². The van der Waals surface area contributed by atoms with E-state index in [-0.39, 0.29) is 17.0 Å². The van der Waals surface area contributed by atoms with Gasteiger partial charge in [0.2, 0.25) is 0 Å². The van der Waals surface area contributed by atoms with Gasteiger partial charge in [0.15, 0.2) is 0 Å². The van der Waals surface area contributed by atoms with Gasteiger partial charge in [-0.2, -0.15) is 5.26 Å². The Kier molecular flexibility index (Phi) is 7.57. The summed E-state index contributed by atoms with van der Waals surface area (Å²) >= 11 is 6.65. The number of thiocarbonyl (C=S) groups is 1. The number of anilines is 1. The largest absolute Gasteiger partial charge is 0.355 e. The standard InChI is InChI=1S/C22H29N5O2S2/c1-5-8-27-19(25-11-9-24(6-2)10-12-25)16(15(4)17(14-23)20(27)28)13-18-21(29)26(7-3)22(30)31-18/h13H,5-12H2,1-4H3. The number of hydrogen-bond donors (Lipinski definition) is 0. The van der Waals surface area contributed by atoms with E-state index >= 15 is 0 Å². The Hall–Kier alpha value is -2.15. The van der Waals surface area contributed by atoms with Crippen molar-refractivity contribution in [2.45, 2.75) is 40.7 Å². The van der Waals surface area contributed by atoms with E-state index < -0.39 is 0 Å². The van der Waals surface area contributed by atoms with Crippen molar-refractivity contribution in [1.29, 1.82) is 5.26 Å². The van der Waals surface area contributed by atoms with Crippen LogP contribution in [0.3, 0.4) is 0 Å². The Morgan fingerprint density at radius 3 is 2.32 bits per heavy atom. The normalized spacial score (nSPS) is 18.9. The first-order chi connectivity index (χ1) is 14.9. The molecular weight excluding hydrogens is 430 g/mol. The number of hydrogen-bond acceptors (Lipinski definition) is 7. The van der Waals surface area contributed by atoms with Crippen molar-refractivity contribution in [1.82, 2.24) is 14.4 Å². The lowest BCUT2D eigenvalue weighted by Crippen LogP contribution is -2.48. The molecule has 2 aliphatic heterocycles. The summed E-state index contributed by atoms with van der Waals surface area (Å²) in [5.41, 5.74) is 1.27. The maximum Gasteiger partial charge on any atom is 0.270 e. The van der Waals surface area contributed by atoms with Gasteiger partial charge < -0.3 is 9.80 Å². The van der Waals surface area contributed by atoms with Gasteiger partial charge in [0.25, 0.3) is 11.5 Å². The Morgan fingerprint density at radius 2 is 1.81 bits per heavy atom. The molecular formula is C22H29N5O2S2. The van der Waals surface area contributed by atoms with Crippen LogP contribution in [0.15, 0.2) is 9.70 Å². The average molecular weight is 460 g/mol. The third kappa shape index (κ3) is 4.43. The lowest BCUT2D eigenvalue weighted by Gasteiger charge is -2.37. The van der Waals surface area contributed by atoms with Crippen molar-refractivity contribution in [3.8, 4) is 6.07 Å². The van der Waals surface area contributed by atoms with Gasteiger partial charge in [-0.05, 0) is 38.5 Å². The molecule has 0 radical (unpaired) electrons. The van der Waals surface area contributed by atoms with Crippen molar-refractivity contribution in [2.75, 3.05) is 44.2 Å². The van der Waals surface area contributed by atoms with Gasteiger partial charge in [-0.1, -0.05) is 37.8 Å². The third-order valence-corrected chi connectivity index (χ3v) is 7.26. The van der Waals surface area contributed by atoms with E-state index in [2.05, 4.69) is 22.8 Å². The summed E-state index contributed by atoms with van der Waals surface area (Å²) in [4.78, 5) is 32.8. The first-order valence-corrected chi connectivity index (χ1v) is 12.0. The molecule has 2 saturated heterocycles. The number of carbonyl (C=O) groups is 1. The van der Waals surface area contributed by atoms with E-state index in [1.165, 1.54) is 11.8 Å². The number of piperazine rings is 1. The smallest absolute Gasteiger partial charge is 0.270 e. The molecule has 166 valence electrons. The molecule has 3 rings (SSSR count). The third-order valence-electron chi connectivity index (χ3n) is 5.88. The number of aromatic nitrogens is 1. The molecule has 3 heterocycles. The molecule has 0 unspecified atom stereocenters. The van der Waals surface area contributed by atoms with Gasteiger partial charge >= 0.3 is 0 Å². The van der Waals surface area contributed by atoms with Gasteiger partial charge in [-0.15, -0.1) is 0 Å². The Bertz CT molecular complexity index is 1020. The fourth-order valence-electron chi connectivity index (χ4n) is 4.10. The molecule has 1 amide bonds. The minimum Gasteiger partial charge on any atom is -0.355 e. The van der Waals surface area contributed by atoms with E-state index in [1.54, 1.807) is 16.4 Å². The van der Waals surface area contributed by atoms with Crippen LogP contribution in [0.5, 0.6) is 0 Å². The molecule has 1 aromatic rings. The number of nitriles is 1. The minimum atomic E-state index is -0.256. The second-order valence-electron chi connectivity index (χ2n) is 7.65. The lowest BCUT2D eigenvalue weighted by atomic mass is 10.0. The molecule has 0 bridgehead atoms. The van der Waals surface area contributed by atoms with Crippen LogP contribution in [-0.4, -0.2) is 63.9 Å². The van der Waals surface area contributed by atoms with Crippen LogP contribution in [-0.2, 0) is 11.3 Å². The highest BCUT2D eigenvalue weighted by molar-refractivity contribution is 8.26. The zero-order valence-electron chi connectivity index (χ0n) is 18.6. The SMILES string of the molecule is CCCn1c(N2CCN(CC)CC2)c(C=C2SC(=S)N(CC)C2=O)c(C)c(C#N)c1=O. The zero-order chi connectivity index (χ0) is 22.7. The summed E-state index contributed by atoms with van der Waals surface area (Å²) in [5, 5.41) is 9.71. The molecule has 1 aromatic heterocycles. The maximum absolute atomic E-state index is 13.2. The lowest BCUT2D eigenvalue weighted by molar-refractivity contribution is -0.121. The van der Waals surface area contributed by atoms with Crippen LogP contribution in [0.25, 0.3) is 6.08 Å². The number of likely N-dealkylation sites (N-methyl/N-ethyl adjacent to an activating group) is 2. The summed E-state index contributed by atoms with van der Waals surface area (Å²) < 4.78 is 2.26. The summed E-state index contributed by atoms with van der Waals surface area (Å²) in [6.45, 7) is 13.3. The molecule has 2 fully saturated rings. The molecule has 7 nitrogen and oxygen atoms in total. The predicted octanol–water partition coefficient (Wildman–Crippen LogP) is 2.80. The monoisotopic (exact) mass is 459 g/mol. The number of carbonyl (C=O) groups excluding carboxylic acids is 1. The van der Waals surface area contributed by atoms with E-state index in [0.717, 1.165) is 50.5 Å². The summed E-state index contributed by atoms with van der Waals surface area (Å²) in [6.07, 6.45) is 2.60. The van der Waals surface area contributed by atoms with Crippen LogP contribution < -0.4 is 10.5 Å². The molecule has 2 aliphatic rings. The summed E-state index contributed by atoms with van der Waals surface area (Å²) in [5.74, 6) is 0.686. The average Bonchev–Trinajstić information content (AvgIpc) is 3.04. The summed E-state index contributed by atoms with van der Waals surface area (Å²) in [6, 6.07) is 2.10. The predicted molar refractivity (Wildman–Crippen MR) is 130 cm³/mol. The van der Waals surface area contributed by atoms with Gasteiger partial charge in [0.05, 0.1) is 4.91 Å². The number of thioether (sulfide) groups is 1. The van der Waals surface area contributed by atoms with Gasteiger partial charge in [0, 0.05) is 44.8 Å². The van der Waals surface area contributed by atoms with Gasteiger partial charge in [-0.3, -0.25) is 19.1 Å². The second kappa shape index (κ2) is 9.98. The van der Waals surface area contributed by atoms with E-state index in [4.69, 9.17) is 12.2 Å². The molecule has 0 spiro atoms. The maximum atomic E-state index is 13.2. The summed E-state index contributed by atoms with van der Waals surface area (Å²) in [7, 11) is 0. The quantitative estimate of drug-likeness (QED) is 0.478. The highest BCUT2D eigenvalue weighted by atomic mass is 32.2. The molecule has 0 saturated carbocycles. The minimum absolute atomic E-state index is 0.120. The first kappa shape index (κ1) is 23.5. The fraction of sp³-hybridized carbons (Fsp3) is 0.545. The molecule has 0 N–H and O–H groups in total. The highest BCUT2D eigenvalue weighted by Crippen LogP contribution is 2.36. The Morgan fingerprint density at radius 1 is 1.13 bits per heavy atom. The van der Waals surface area contributed by atoms with E-state index in [0.29, 0.717) is 27.9 Å². The van der Waals surface area contributed by atoms with Gasteiger partial charge in [0.1, 0.15) is 21.8 Å². The molecule has 31 heavy (non-hydrogen) atoms. The van der Waals surface area contributed by atoms with Crippen LogP contribution in [0.1, 0.15) is 43.9 Å². The van der Waals surface area contributed by atoms with Crippen molar-refractivity contribution >= 4 is 46.1 Å². The van der Waals surface area contributed by atoms with Crippen molar-refractivity contribution in [3.05, 3.63) is 31.9 Å². The zero-order valence-corrected chi connectivity index (χ0v) is 20.2. The number of amides is 1. The van der Waals surface area contributed by atoms with Crippen molar-refractivity contribution in [3.63, 3.8) is 0 Å². The molecule has 9 heteroatoms. The Labute approximate surface area is 193 Å². The van der Waals surface area contributed by atoms with Crippen LogP contribution in [0.2, 0.25) is 0 Å². The van der Waals surface area contributed by atoms with Gasteiger partial charge in [-0.25, -0.2) is 0 Å². The van der Waals surface area contributed by atoms with Crippen LogP contribution in [0.4, 0.5) is 5.82 Å².